The lowest BCUT2D eigenvalue weighted by atomic mass is 9.39. The van der Waals surface area contributed by atoms with Crippen molar-refractivity contribution in [2.24, 2.45) is 27.9 Å². The lowest BCUT2D eigenvalue weighted by Crippen LogP contribution is -2.64. The van der Waals surface area contributed by atoms with Crippen molar-refractivity contribution < 1.29 is 73.9 Å². The Kier molecular flexibility index (Phi) is 17.6. The van der Waals surface area contributed by atoms with E-state index in [1.807, 2.05) is 59.0 Å². The van der Waals surface area contributed by atoms with Gasteiger partial charge in [0, 0.05) is 79.8 Å². The smallest absolute Gasteiger partial charge is 0.412 e. The van der Waals surface area contributed by atoms with Gasteiger partial charge in [-0.1, -0.05) is 73.7 Å². The fraction of sp³-hybridized carbons (Fsp3) is 0.508. The number of hydrogen-bond donors (Lipinski definition) is 9. The molecular formula is C63H76N8O15S. The second-order valence-electron chi connectivity index (χ2n) is 25.3. The van der Waals surface area contributed by atoms with Gasteiger partial charge in [-0.3, -0.25) is 14.8 Å². The molecule has 2 amide bonds. The van der Waals surface area contributed by atoms with Crippen LogP contribution in [0.1, 0.15) is 114 Å². The van der Waals surface area contributed by atoms with Gasteiger partial charge in [0.15, 0.2) is 23.2 Å². The van der Waals surface area contributed by atoms with Gasteiger partial charge in [-0.2, -0.15) is 5.10 Å². The van der Waals surface area contributed by atoms with E-state index < -0.39 is 79.8 Å². The molecule has 1 saturated heterocycles. The van der Waals surface area contributed by atoms with E-state index >= 15 is 0 Å². The van der Waals surface area contributed by atoms with Crippen LogP contribution in [0.25, 0.3) is 21.3 Å². The molecule has 5 heterocycles. The zero-order valence-electron chi connectivity index (χ0n) is 48.9. The van der Waals surface area contributed by atoms with Gasteiger partial charge in [-0.25, -0.2) is 24.4 Å². The molecule has 3 unspecified atom stereocenters. The van der Waals surface area contributed by atoms with Gasteiger partial charge in [0.25, 0.3) is 5.91 Å². The number of aliphatic hydroxyl groups excluding tert-OH is 5. The third-order valence-corrected chi connectivity index (χ3v) is 19.1. The van der Waals surface area contributed by atoms with Crippen LogP contribution in [0.3, 0.4) is 0 Å². The SMILES string of the molecule is Cc1c(-c2ccc(N3CCc4cccc(C(=O)Nc5nc6ccccc6s5)c4C3)nc2C(=O)O)cnn1CC12CC3(C)CC(C)(C1)CC(OCCN(CC(CO)CO)C(=O)OC(O[C@@H]1O[C@H](C(=O)O)[C@@H](O)[C@H](O)[C@H]1O)c1ccc(CCCN)cc1)(C3)C2. The van der Waals surface area contributed by atoms with Crippen molar-refractivity contribution in [3.05, 3.63) is 124 Å². The molecule has 6 aliphatic rings. The summed E-state index contributed by atoms with van der Waals surface area (Å²) in [6.07, 6.45) is -3.73. The minimum Gasteiger partial charge on any atom is -0.479 e. The molecule has 4 bridgehead atoms. The summed E-state index contributed by atoms with van der Waals surface area (Å²) in [7, 11) is 0. The summed E-state index contributed by atoms with van der Waals surface area (Å²) in [6, 6.07) is 23.8. The minimum atomic E-state index is -1.99. The number of ether oxygens (including phenoxy) is 4. The molecule has 4 saturated carbocycles. The number of carboxylic acid groups (broad SMARTS) is 2. The van der Waals surface area contributed by atoms with Gasteiger partial charge in [0.2, 0.25) is 6.29 Å². The Morgan fingerprint density at radius 3 is 2.32 bits per heavy atom. The van der Waals surface area contributed by atoms with Crippen molar-refractivity contribution in [3.8, 4) is 11.1 Å². The zero-order chi connectivity index (χ0) is 61.6. The number of aliphatic carboxylic acids is 1. The van der Waals surface area contributed by atoms with Crippen LogP contribution in [0, 0.1) is 29.1 Å². The highest BCUT2D eigenvalue weighted by atomic mass is 32.1. The number of benzene rings is 3. The van der Waals surface area contributed by atoms with Gasteiger partial charge >= 0.3 is 18.0 Å². The molecule has 12 rings (SSSR count). The number of carbonyl (C=O) groups is 4. The predicted molar refractivity (Wildman–Crippen MR) is 319 cm³/mol. The molecule has 23 nitrogen and oxygen atoms in total. The fourth-order valence-corrected chi connectivity index (χ4v) is 16.2. The highest BCUT2D eigenvalue weighted by Crippen LogP contribution is 2.72. The van der Waals surface area contributed by atoms with Gasteiger partial charge in [-0.15, -0.1) is 0 Å². The Hall–Kier alpha value is -6.97. The molecule has 0 radical (unpaired) electrons. The molecular weight excluding hydrogens is 1140 g/mol. The first-order valence-corrected chi connectivity index (χ1v) is 30.4. The van der Waals surface area contributed by atoms with Crippen LogP contribution in [0.5, 0.6) is 0 Å². The van der Waals surface area contributed by atoms with Crippen LogP contribution in [-0.2, 0) is 49.7 Å². The largest absolute Gasteiger partial charge is 0.479 e. The first-order chi connectivity index (χ1) is 41.6. The molecule has 24 heteroatoms. The second-order valence-corrected chi connectivity index (χ2v) is 26.4. The molecule has 10 N–H and O–H groups in total. The fourth-order valence-electron chi connectivity index (χ4n) is 15.3. The average Bonchev–Trinajstić information content (AvgIpc) is 0.726. The number of aromatic carboxylic acids is 1. The summed E-state index contributed by atoms with van der Waals surface area (Å²) in [6.45, 7) is 7.34. The van der Waals surface area contributed by atoms with Crippen LogP contribution in [0.4, 0.5) is 15.7 Å². The number of carbonyl (C=O) groups excluding carboxylic acids is 2. The van der Waals surface area contributed by atoms with E-state index in [-0.39, 0.29) is 53.1 Å². The van der Waals surface area contributed by atoms with Gasteiger partial charge < -0.3 is 70.2 Å². The topological polar surface area (TPSA) is 335 Å². The van der Waals surface area contributed by atoms with E-state index in [9.17, 15) is 54.9 Å². The summed E-state index contributed by atoms with van der Waals surface area (Å²) >= 11 is 1.40. The summed E-state index contributed by atoms with van der Waals surface area (Å²) in [5.74, 6) is -3.40. The number of carboxylic acids is 2. The van der Waals surface area contributed by atoms with Crippen molar-refractivity contribution in [1.29, 1.82) is 0 Å². The summed E-state index contributed by atoms with van der Waals surface area (Å²) in [4.78, 5) is 66.1. The number of anilines is 2. The number of rotatable bonds is 23. The van der Waals surface area contributed by atoms with E-state index in [0.29, 0.717) is 79.5 Å². The van der Waals surface area contributed by atoms with Gasteiger partial charge in [-0.05, 0) is 135 Å². The normalized spacial score (nSPS) is 26.9. The number of thiazole rings is 1. The van der Waals surface area contributed by atoms with Crippen molar-refractivity contribution in [3.63, 3.8) is 0 Å². The molecule has 87 heavy (non-hydrogen) atoms. The molecule has 6 aromatic rings. The molecule has 0 spiro atoms. The van der Waals surface area contributed by atoms with E-state index in [4.69, 9.17) is 34.8 Å². The molecule has 2 aliphatic heterocycles. The number of nitrogens with one attached hydrogen (secondary N) is 1. The first kappa shape index (κ1) is 61.7. The second kappa shape index (κ2) is 24.9. The summed E-state index contributed by atoms with van der Waals surface area (Å²) in [5.41, 5.74) is 10.7. The number of aliphatic hydroxyl groups is 5. The number of amides is 2. The van der Waals surface area contributed by atoms with Gasteiger partial charge in [0.1, 0.15) is 24.1 Å². The van der Waals surface area contributed by atoms with Gasteiger partial charge in [0.05, 0.1) is 28.6 Å². The Morgan fingerprint density at radius 1 is 0.874 bits per heavy atom. The maximum absolute atomic E-state index is 14.5. The minimum absolute atomic E-state index is 0.0362. The van der Waals surface area contributed by atoms with Crippen molar-refractivity contribution in [2.75, 3.05) is 56.2 Å². The Labute approximate surface area is 506 Å². The van der Waals surface area contributed by atoms with E-state index in [1.165, 1.54) is 16.2 Å². The molecule has 3 aromatic heterocycles. The number of nitrogens with zero attached hydrogens (tertiary/aromatic N) is 6. The number of hydrogen-bond acceptors (Lipinski definition) is 19. The number of aryl methyl sites for hydroxylation is 1. The quantitative estimate of drug-likeness (QED) is 0.0330. The Morgan fingerprint density at radius 2 is 1.62 bits per heavy atom. The number of aromatic nitrogens is 4. The lowest BCUT2D eigenvalue weighted by Gasteiger charge is -2.69. The van der Waals surface area contributed by atoms with Crippen molar-refractivity contribution in [1.82, 2.24) is 24.6 Å². The Balaban J connectivity index is 0.795. The first-order valence-electron chi connectivity index (χ1n) is 29.6. The van der Waals surface area contributed by atoms with Crippen LogP contribution < -0.4 is 16.0 Å². The maximum atomic E-state index is 14.5. The zero-order valence-corrected chi connectivity index (χ0v) is 49.7. The average molecular weight is 1220 g/mol. The predicted octanol–water partition coefficient (Wildman–Crippen LogP) is 6.05. The molecule has 5 fully saturated rings. The maximum Gasteiger partial charge on any atom is 0.412 e. The van der Waals surface area contributed by atoms with E-state index in [0.717, 1.165) is 64.7 Å². The standard InChI is InChI=1S/C63H76N8O15S/c1-36-43(41-17-18-47(67-48(41)54(78)79)69-21-19-39-9-6-10-42(44(39)26-69)53(77)68-58-66-45-11-4-5-12-46(45)87-58)24-65-71(36)35-62-30-60(2)29-61(3,31-62)33-63(32-60,34-62)83-23-22-70(25-38(27-72)28-73)59(82)86-56(40-15-13-37(14-16-40)8-7-20-64)85-57-51(76)49(74)50(75)52(84-57)55(80)81/h4-6,9-18,24,38,49-52,56-57,72-76H,7-8,19-23,25-35,64H2,1-3H3,(H,78,79)(H,80,81)(H,66,68,77)/t49-,50-,51+,52-,56?,57-,60?,61?,62?,63?/m0/s1. The van der Waals surface area contributed by atoms with Crippen LogP contribution in [0.15, 0.2) is 85.1 Å². The van der Waals surface area contributed by atoms with Crippen molar-refractivity contribution in [2.45, 2.75) is 134 Å². The highest BCUT2D eigenvalue weighted by Gasteiger charge is 2.66. The third-order valence-electron chi connectivity index (χ3n) is 18.2. The van der Waals surface area contributed by atoms with Crippen molar-refractivity contribution >= 4 is 56.4 Å². The third kappa shape index (κ3) is 12.9. The number of pyridine rings is 1. The number of nitrogens with two attached hydrogens (primary N) is 1. The molecule has 8 atom stereocenters. The number of fused-ring (bicyclic) bond motifs is 2. The Bertz CT molecular complexity index is 3470. The monoisotopic (exact) mass is 1220 g/mol. The van der Waals surface area contributed by atoms with E-state index in [1.54, 1.807) is 42.6 Å². The van der Waals surface area contributed by atoms with Crippen LogP contribution >= 0.6 is 11.3 Å². The highest BCUT2D eigenvalue weighted by molar-refractivity contribution is 7.22. The molecule has 3 aromatic carbocycles. The summed E-state index contributed by atoms with van der Waals surface area (Å²) in [5, 5.41) is 81.3. The molecule has 4 aliphatic carbocycles. The van der Waals surface area contributed by atoms with Crippen LogP contribution in [-0.4, -0.2) is 167 Å². The van der Waals surface area contributed by atoms with E-state index in [2.05, 4.69) is 24.1 Å². The lowest BCUT2D eigenvalue weighted by molar-refractivity contribution is -0.327. The molecule has 464 valence electrons. The summed E-state index contributed by atoms with van der Waals surface area (Å²) < 4.78 is 27.4. The number of para-hydroxylation sites is 1. The van der Waals surface area contributed by atoms with Crippen LogP contribution in [0.2, 0.25) is 0 Å².